The van der Waals surface area contributed by atoms with Gasteiger partial charge in [0.05, 0.1) is 0 Å². The van der Waals surface area contributed by atoms with Crippen LogP contribution in [0.1, 0.15) is 64.2 Å². The molecule has 2 aliphatic carbocycles. The average molecular weight is 355 g/mol. The third-order valence-corrected chi connectivity index (χ3v) is 15.6. The van der Waals surface area contributed by atoms with Crippen molar-refractivity contribution in [1.82, 2.24) is 0 Å². The Kier molecular flexibility index (Phi) is 5.21. The summed E-state index contributed by atoms with van der Waals surface area (Å²) in [5.41, 5.74) is 1.95. The molecule has 2 aliphatic rings. The van der Waals surface area contributed by atoms with Gasteiger partial charge in [-0.25, -0.2) is 0 Å². The van der Waals surface area contributed by atoms with Crippen molar-refractivity contribution in [2.45, 2.75) is 75.5 Å². The van der Waals surface area contributed by atoms with E-state index < -0.39 is 5.96 Å². The molecule has 0 N–H and O–H groups in total. The molecule has 2 fully saturated rings. The van der Waals surface area contributed by atoms with E-state index in [9.17, 15) is 0 Å². The molecule has 0 amide bonds. The van der Waals surface area contributed by atoms with Crippen molar-refractivity contribution in [2.75, 3.05) is 0 Å². The Labute approximate surface area is 132 Å². The quantitative estimate of drug-likeness (QED) is 0.580. The Hall–Kier alpha value is 0.130. The molecule has 0 radical (unpaired) electrons. The molecule has 0 bridgehead atoms. The molecule has 2 heteroatoms. The van der Waals surface area contributed by atoms with Gasteiger partial charge in [0.2, 0.25) is 0 Å². The number of halogens is 1. The van der Waals surface area contributed by atoms with Crippen LogP contribution in [0.25, 0.3) is 0 Å². The van der Waals surface area contributed by atoms with Crippen LogP contribution in [0, 0.1) is 0 Å². The van der Waals surface area contributed by atoms with Crippen LogP contribution in [0.2, 0.25) is 0 Å². The van der Waals surface area contributed by atoms with E-state index in [1.165, 1.54) is 64.2 Å². The van der Waals surface area contributed by atoms with E-state index in [1.807, 2.05) is 0 Å². The van der Waals surface area contributed by atoms with Crippen molar-refractivity contribution in [2.24, 2.45) is 0 Å². The second kappa shape index (κ2) is 6.93. The molecule has 0 aliphatic heterocycles. The van der Waals surface area contributed by atoms with Gasteiger partial charge in [-0.05, 0) is 0 Å². The van der Waals surface area contributed by atoms with Gasteiger partial charge in [0.15, 0.2) is 0 Å². The van der Waals surface area contributed by atoms with E-state index in [2.05, 4.69) is 45.8 Å². The molecule has 0 heterocycles. The zero-order valence-electron chi connectivity index (χ0n) is 12.5. The van der Waals surface area contributed by atoms with Gasteiger partial charge in [0.25, 0.3) is 0 Å². The molecule has 3 rings (SSSR count). The predicted molar refractivity (Wildman–Crippen MR) is 97.1 cm³/mol. The predicted octanol–water partition coefficient (Wildman–Crippen LogP) is 6.04. The van der Waals surface area contributed by atoms with Crippen LogP contribution in [0.5, 0.6) is 0 Å². The maximum absolute atomic E-state index is 4.46. The van der Waals surface area contributed by atoms with Crippen LogP contribution in [0.4, 0.5) is 0 Å². The average Bonchev–Trinajstić information content (AvgIpc) is 2.56. The van der Waals surface area contributed by atoms with Gasteiger partial charge in [-0.15, -0.1) is 0 Å². The zero-order valence-corrected chi connectivity index (χ0v) is 15.1. The van der Waals surface area contributed by atoms with E-state index in [0.29, 0.717) is 0 Å². The summed E-state index contributed by atoms with van der Waals surface area (Å²) >= 11 is 4.46. The molecule has 0 atom stereocenters. The zero-order chi connectivity index (χ0) is 13.8. The molecule has 0 aromatic heterocycles. The molecular formula is C18H28BrP. The van der Waals surface area contributed by atoms with Gasteiger partial charge in [0, 0.05) is 0 Å². The van der Waals surface area contributed by atoms with Crippen LogP contribution < -0.4 is 5.30 Å². The minimum absolute atomic E-state index is 0.974. The summed E-state index contributed by atoms with van der Waals surface area (Å²) in [6.45, 7) is 0. The fourth-order valence-corrected chi connectivity index (χ4v) is 12.9. The molecule has 20 heavy (non-hydrogen) atoms. The Morgan fingerprint density at radius 3 is 1.60 bits per heavy atom. The first-order valence-corrected chi connectivity index (χ1v) is 13.0. The van der Waals surface area contributed by atoms with Gasteiger partial charge in [-0.3, -0.25) is 0 Å². The van der Waals surface area contributed by atoms with Gasteiger partial charge >= 0.3 is 133 Å². The first-order valence-electron chi connectivity index (χ1n) is 8.56. The van der Waals surface area contributed by atoms with E-state index in [-0.39, 0.29) is 0 Å². The van der Waals surface area contributed by atoms with Crippen molar-refractivity contribution in [1.29, 1.82) is 0 Å². The third kappa shape index (κ3) is 3.00. The molecule has 0 saturated heterocycles. The third-order valence-electron chi connectivity index (χ3n) is 5.61. The van der Waals surface area contributed by atoms with Crippen LogP contribution in [0.15, 0.2) is 30.3 Å². The Morgan fingerprint density at radius 2 is 1.15 bits per heavy atom. The number of hydrogen-bond donors (Lipinski definition) is 0. The topological polar surface area (TPSA) is 0 Å². The summed E-state index contributed by atoms with van der Waals surface area (Å²) in [7, 11) is 0. The normalized spacial score (nSPS) is 23.6. The van der Waals surface area contributed by atoms with Crippen molar-refractivity contribution >= 4 is 26.8 Å². The first kappa shape index (κ1) is 15.0. The van der Waals surface area contributed by atoms with Gasteiger partial charge in [-0.2, -0.15) is 0 Å². The van der Waals surface area contributed by atoms with Gasteiger partial charge in [0.1, 0.15) is 0 Å². The molecule has 1 aromatic carbocycles. The van der Waals surface area contributed by atoms with Crippen LogP contribution in [0.3, 0.4) is 0 Å². The summed E-state index contributed by atoms with van der Waals surface area (Å²) in [6.07, 6.45) is 14.7. The summed E-state index contributed by atoms with van der Waals surface area (Å²) in [5.74, 6) is -1.51. The SMILES string of the molecule is Br[PH](c1ccccc1)(C1CCCCC1)C1CCCCC1. The van der Waals surface area contributed by atoms with Crippen LogP contribution in [-0.2, 0) is 0 Å². The molecular weight excluding hydrogens is 327 g/mol. The van der Waals surface area contributed by atoms with Crippen LogP contribution >= 0.6 is 21.5 Å². The maximum atomic E-state index is 4.46. The molecule has 0 nitrogen and oxygen atoms in total. The monoisotopic (exact) mass is 354 g/mol. The molecule has 112 valence electrons. The molecule has 1 aromatic rings. The molecule has 0 spiro atoms. The van der Waals surface area contributed by atoms with E-state index in [1.54, 1.807) is 5.30 Å². The second-order valence-electron chi connectivity index (χ2n) is 6.80. The number of hydrogen-bond acceptors (Lipinski definition) is 0. The summed E-state index contributed by atoms with van der Waals surface area (Å²) in [5, 5.41) is 1.68. The summed E-state index contributed by atoms with van der Waals surface area (Å²) in [4.78, 5) is 0. The van der Waals surface area contributed by atoms with Crippen molar-refractivity contribution in [3.05, 3.63) is 30.3 Å². The summed E-state index contributed by atoms with van der Waals surface area (Å²) < 4.78 is 0. The Morgan fingerprint density at radius 1 is 0.700 bits per heavy atom. The van der Waals surface area contributed by atoms with E-state index in [0.717, 1.165) is 11.3 Å². The summed E-state index contributed by atoms with van der Waals surface area (Å²) in [6, 6.07) is 11.5. The van der Waals surface area contributed by atoms with Crippen molar-refractivity contribution in [3.63, 3.8) is 0 Å². The van der Waals surface area contributed by atoms with Gasteiger partial charge in [-0.1, -0.05) is 0 Å². The fraction of sp³-hybridized carbons (Fsp3) is 0.667. The number of benzene rings is 1. The molecule has 0 unspecified atom stereocenters. The Balaban J connectivity index is 1.92. The van der Waals surface area contributed by atoms with Crippen molar-refractivity contribution in [3.8, 4) is 0 Å². The van der Waals surface area contributed by atoms with Crippen LogP contribution in [-0.4, -0.2) is 11.3 Å². The minimum atomic E-state index is -1.51. The van der Waals surface area contributed by atoms with E-state index >= 15 is 0 Å². The Bertz CT molecular complexity index is 387. The van der Waals surface area contributed by atoms with E-state index in [4.69, 9.17) is 0 Å². The first-order chi connectivity index (χ1) is 9.82. The second-order valence-corrected chi connectivity index (χ2v) is 14.5. The molecule has 2 saturated carbocycles. The standard InChI is InChI=1S/C18H28BrP/c19-20(16-10-4-1-5-11-16,17-12-6-2-7-13-17)18-14-8-3-9-15-18/h1,4-5,10-11,17-18,20H,2-3,6-9,12-15H2. The van der Waals surface area contributed by atoms with Gasteiger partial charge < -0.3 is 0 Å². The number of rotatable bonds is 3. The fourth-order valence-electron chi connectivity index (χ4n) is 4.54. The van der Waals surface area contributed by atoms with Crippen molar-refractivity contribution < 1.29 is 0 Å².